The second-order valence-electron chi connectivity index (χ2n) is 7.06. The van der Waals surface area contributed by atoms with Gasteiger partial charge in [-0.25, -0.2) is 5.43 Å². The van der Waals surface area contributed by atoms with Crippen molar-refractivity contribution < 1.29 is 24.0 Å². The van der Waals surface area contributed by atoms with Crippen LogP contribution >= 0.6 is 11.8 Å². The number of rotatable bonds is 9. The van der Waals surface area contributed by atoms with Crippen LogP contribution in [0.25, 0.3) is 0 Å². The van der Waals surface area contributed by atoms with Crippen molar-refractivity contribution in [2.24, 2.45) is 5.10 Å². The summed E-state index contributed by atoms with van der Waals surface area (Å²) >= 11 is 1.29. The molecule has 11 heteroatoms. The Morgan fingerprint density at radius 3 is 2.31 bits per heavy atom. The maximum Gasteiger partial charge on any atom is 0.271 e. The minimum absolute atomic E-state index is 0.130. The van der Waals surface area contributed by atoms with Gasteiger partial charge in [0.1, 0.15) is 11.5 Å². The van der Waals surface area contributed by atoms with Crippen molar-refractivity contribution in [2.75, 3.05) is 19.5 Å². The summed E-state index contributed by atoms with van der Waals surface area (Å²) < 4.78 is 10.3. The van der Waals surface area contributed by atoms with E-state index in [-0.39, 0.29) is 17.2 Å². The lowest BCUT2D eigenvalue weighted by molar-refractivity contribution is -0.384. The van der Waals surface area contributed by atoms with Crippen LogP contribution in [-0.2, 0) is 4.79 Å². The van der Waals surface area contributed by atoms with E-state index in [4.69, 9.17) is 9.47 Å². The average Bonchev–Trinajstić information content (AvgIpc) is 2.85. The highest BCUT2D eigenvalue weighted by atomic mass is 32.2. The fourth-order valence-electron chi connectivity index (χ4n) is 2.97. The molecule has 3 rings (SSSR count). The van der Waals surface area contributed by atoms with Gasteiger partial charge < -0.3 is 14.8 Å². The number of nitro benzene ring substituents is 1. The molecular weight excluding hydrogens is 472 g/mol. The highest BCUT2D eigenvalue weighted by Gasteiger charge is 2.14. The Hall–Kier alpha value is -4.38. The molecule has 35 heavy (non-hydrogen) atoms. The van der Waals surface area contributed by atoms with E-state index in [1.807, 2.05) is 12.1 Å². The summed E-state index contributed by atoms with van der Waals surface area (Å²) in [4.78, 5) is 36.3. The summed E-state index contributed by atoms with van der Waals surface area (Å²) in [5.74, 6) is 0.136. The molecular formula is C24H22N4O6S. The molecule has 0 bridgehead atoms. The van der Waals surface area contributed by atoms with Crippen LogP contribution in [0.15, 0.2) is 75.6 Å². The summed E-state index contributed by atoms with van der Waals surface area (Å²) in [6.07, 6.45) is 1.33. The van der Waals surface area contributed by atoms with Crippen molar-refractivity contribution in [3.8, 4) is 11.5 Å². The Balaban J connectivity index is 1.87. The van der Waals surface area contributed by atoms with Crippen molar-refractivity contribution in [3.05, 3.63) is 81.9 Å². The molecule has 0 spiro atoms. The number of carbonyl (C=O) groups excluding carboxylic acids is 2. The van der Waals surface area contributed by atoms with Crippen LogP contribution in [0.5, 0.6) is 11.5 Å². The maximum absolute atomic E-state index is 12.6. The number of ether oxygens (including phenoxy) is 2. The molecule has 0 aromatic heterocycles. The van der Waals surface area contributed by atoms with Gasteiger partial charge in [-0.3, -0.25) is 19.7 Å². The van der Waals surface area contributed by atoms with E-state index in [9.17, 15) is 19.7 Å². The number of non-ortho nitro benzene ring substituents is 1. The fraction of sp³-hybridized carbons (Fsp3) is 0.125. The standard InChI is InChI=1S/C24H22N4O6S/c1-15(29)26-21-6-4-5-7-23(21)35-22-9-8-18(28(31)32)10-17(22)14-25-27-24(30)16-11-19(33-2)13-20(12-16)34-3/h4-14H,1-3H3,(H,26,29)(H,27,30)/b25-14+. The number of nitrogens with one attached hydrogen (secondary N) is 2. The monoisotopic (exact) mass is 494 g/mol. The minimum atomic E-state index is -0.519. The summed E-state index contributed by atoms with van der Waals surface area (Å²) in [6.45, 7) is 1.41. The normalized spacial score (nSPS) is 10.6. The summed E-state index contributed by atoms with van der Waals surface area (Å²) in [5.41, 5.74) is 3.55. The third-order valence-electron chi connectivity index (χ3n) is 4.61. The van der Waals surface area contributed by atoms with E-state index in [0.29, 0.717) is 27.6 Å². The van der Waals surface area contributed by atoms with E-state index in [0.717, 1.165) is 4.90 Å². The van der Waals surface area contributed by atoms with Crippen molar-refractivity contribution in [1.82, 2.24) is 5.43 Å². The smallest absolute Gasteiger partial charge is 0.271 e. The van der Waals surface area contributed by atoms with Gasteiger partial charge in [-0.05, 0) is 30.3 Å². The van der Waals surface area contributed by atoms with E-state index >= 15 is 0 Å². The van der Waals surface area contributed by atoms with Gasteiger partial charge in [0.2, 0.25) is 5.91 Å². The van der Waals surface area contributed by atoms with Gasteiger partial charge >= 0.3 is 0 Å². The first-order chi connectivity index (χ1) is 16.8. The largest absolute Gasteiger partial charge is 0.497 e. The molecule has 2 amide bonds. The predicted molar refractivity (Wildman–Crippen MR) is 133 cm³/mol. The van der Waals surface area contributed by atoms with Crippen LogP contribution in [0, 0.1) is 10.1 Å². The topological polar surface area (TPSA) is 132 Å². The van der Waals surface area contributed by atoms with Crippen molar-refractivity contribution in [3.63, 3.8) is 0 Å². The van der Waals surface area contributed by atoms with Gasteiger partial charge in [0, 0.05) is 46.0 Å². The van der Waals surface area contributed by atoms with Crippen molar-refractivity contribution in [2.45, 2.75) is 16.7 Å². The predicted octanol–water partition coefficient (Wildman–Crippen LogP) is 4.49. The van der Waals surface area contributed by atoms with E-state index in [2.05, 4.69) is 15.8 Å². The van der Waals surface area contributed by atoms with E-state index < -0.39 is 10.8 Å². The molecule has 0 heterocycles. The quantitative estimate of drug-likeness (QED) is 0.254. The Morgan fingerprint density at radius 1 is 1.00 bits per heavy atom. The third-order valence-corrected chi connectivity index (χ3v) is 5.77. The van der Waals surface area contributed by atoms with Crippen LogP contribution < -0.4 is 20.2 Å². The zero-order valence-electron chi connectivity index (χ0n) is 19.1. The van der Waals surface area contributed by atoms with Crippen LogP contribution in [-0.4, -0.2) is 37.2 Å². The number of hydrazone groups is 1. The molecule has 3 aromatic carbocycles. The summed E-state index contributed by atoms with van der Waals surface area (Å²) in [7, 11) is 2.94. The fourth-order valence-corrected chi connectivity index (χ4v) is 3.95. The molecule has 0 unspecified atom stereocenters. The maximum atomic E-state index is 12.6. The molecule has 0 saturated heterocycles. The van der Waals surface area contributed by atoms with Crippen LogP contribution in [0.3, 0.4) is 0 Å². The molecule has 3 aromatic rings. The van der Waals surface area contributed by atoms with Crippen molar-refractivity contribution in [1.29, 1.82) is 0 Å². The minimum Gasteiger partial charge on any atom is -0.497 e. The zero-order valence-corrected chi connectivity index (χ0v) is 19.9. The van der Waals surface area contributed by atoms with E-state index in [1.54, 1.807) is 24.3 Å². The Morgan fingerprint density at radius 2 is 1.69 bits per heavy atom. The van der Waals surface area contributed by atoms with Gasteiger partial charge in [-0.2, -0.15) is 5.10 Å². The lowest BCUT2D eigenvalue weighted by atomic mass is 10.2. The zero-order chi connectivity index (χ0) is 25.4. The highest BCUT2D eigenvalue weighted by molar-refractivity contribution is 7.99. The molecule has 0 saturated carbocycles. The Kier molecular flexibility index (Phi) is 8.41. The summed E-state index contributed by atoms with van der Waals surface area (Å²) in [5, 5.41) is 18.0. The lowest BCUT2D eigenvalue weighted by Gasteiger charge is -2.11. The number of hydrogen-bond donors (Lipinski definition) is 2. The van der Waals surface area contributed by atoms with Gasteiger partial charge in [0.15, 0.2) is 0 Å². The molecule has 0 radical (unpaired) electrons. The number of para-hydroxylation sites is 1. The molecule has 2 N–H and O–H groups in total. The number of carbonyl (C=O) groups is 2. The van der Waals surface area contributed by atoms with Gasteiger partial charge in [-0.15, -0.1) is 0 Å². The lowest BCUT2D eigenvalue weighted by Crippen LogP contribution is -2.17. The number of methoxy groups -OCH3 is 2. The molecule has 10 nitrogen and oxygen atoms in total. The first kappa shape index (κ1) is 25.2. The van der Waals surface area contributed by atoms with Gasteiger partial charge in [-0.1, -0.05) is 23.9 Å². The van der Waals surface area contributed by atoms with Gasteiger partial charge in [0.25, 0.3) is 11.6 Å². The number of hydrogen-bond acceptors (Lipinski definition) is 8. The number of nitro groups is 1. The Labute approximate surface area is 205 Å². The van der Waals surface area contributed by atoms with Crippen LogP contribution in [0.2, 0.25) is 0 Å². The SMILES string of the molecule is COc1cc(OC)cc(C(=O)N/N=C/c2cc([N+](=O)[O-])ccc2Sc2ccccc2NC(C)=O)c1. The van der Waals surface area contributed by atoms with Crippen molar-refractivity contribution >= 4 is 41.2 Å². The molecule has 180 valence electrons. The van der Waals surface area contributed by atoms with Crippen LogP contribution in [0.1, 0.15) is 22.8 Å². The second-order valence-corrected chi connectivity index (χ2v) is 8.14. The van der Waals surface area contributed by atoms with E-state index in [1.165, 1.54) is 63.4 Å². The summed E-state index contributed by atoms with van der Waals surface area (Å²) in [6, 6.07) is 16.2. The number of nitrogens with zero attached hydrogens (tertiary/aromatic N) is 2. The molecule has 0 aliphatic carbocycles. The average molecular weight is 495 g/mol. The molecule has 0 fully saturated rings. The van der Waals surface area contributed by atoms with Gasteiger partial charge in [0.05, 0.1) is 31.0 Å². The third kappa shape index (κ3) is 6.81. The number of anilines is 1. The molecule has 0 aliphatic rings. The second kappa shape index (κ2) is 11.7. The first-order valence-corrected chi connectivity index (χ1v) is 11.0. The number of benzene rings is 3. The number of amides is 2. The Bertz CT molecular complexity index is 1270. The highest BCUT2D eigenvalue weighted by Crippen LogP contribution is 2.36. The molecule has 0 aliphatic heterocycles. The molecule has 0 atom stereocenters. The van der Waals surface area contributed by atoms with Crippen LogP contribution in [0.4, 0.5) is 11.4 Å². The first-order valence-electron chi connectivity index (χ1n) is 10.2.